The SMILES string of the molecule is CN(c1ccc(Oc2nc(O)c3ccncc3n2)cc1)c1ccc2c(c1)C(=O)N(CC1CC1)C2. The van der Waals surface area contributed by atoms with E-state index in [9.17, 15) is 9.90 Å². The number of ether oxygens (including phenoxy) is 1. The summed E-state index contributed by atoms with van der Waals surface area (Å²) in [6.45, 7) is 1.58. The van der Waals surface area contributed by atoms with Crippen molar-refractivity contribution in [2.45, 2.75) is 19.4 Å². The largest absolute Gasteiger partial charge is 0.493 e. The van der Waals surface area contributed by atoms with Crippen molar-refractivity contribution in [1.82, 2.24) is 19.9 Å². The molecular formula is C26H23N5O3. The second-order valence-corrected chi connectivity index (χ2v) is 8.85. The van der Waals surface area contributed by atoms with E-state index in [1.807, 2.05) is 47.2 Å². The number of pyridine rings is 1. The number of carbonyl (C=O) groups excluding carboxylic acids is 1. The molecule has 170 valence electrons. The number of fused-ring (bicyclic) bond motifs is 2. The summed E-state index contributed by atoms with van der Waals surface area (Å²) in [4.78, 5) is 29.2. The lowest BCUT2D eigenvalue weighted by molar-refractivity contribution is 0.0771. The molecule has 0 bridgehead atoms. The van der Waals surface area contributed by atoms with Crippen LogP contribution in [0.4, 0.5) is 11.4 Å². The molecular weight excluding hydrogens is 430 g/mol. The van der Waals surface area contributed by atoms with Crippen LogP contribution in [-0.4, -0.2) is 44.5 Å². The first-order valence-corrected chi connectivity index (χ1v) is 11.3. The molecule has 2 aliphatic rings. The maximum atomic E-state index is 12.9. The van der Waals surface area contributed by atoms with E-state index in [4.69, 9.17) is 4.74 Å². The minimum atomic E-state index is -0.152. The van der Waals surface area contributed by atoms with E-state index in [1.165, 1.54) is 12.8 Å². The van der Waals surface area contributed by atoms with E-state index in [0.717, 1.165) is 29.0 Å². The van der Waals surface area contributed by atoms with Crippen molar-refractivity contribution in [3.8, 4) is 17.6 Å². The van der Waals surface area contributed by atoms with Gasteiger partial charge in [0.15, 0.2) is 0 Å². The molecule has 3 heterocycles. The molecule has 8 nitrogen and oxygen atoms in total. The van der Waals surface area contributed by atoms with Gasteiger partial charge in [-0.1, -0.05) is 6.07 Å². The molecule has 0 spiro atoms. The normalized spacial score (nSPS) is 15.0. The van der Waals surface area contributed by atoms with Gasteiger partial charge in [0.2, 0.25) is 5.88 Å². The summed E-state index contributed by atoms with van der Waals surface area (Å²) in [6, 6.07) is 15.3. The van der Waals surface area contributed by atoms with Gasteiger partial charge in [0, 0.05) is 43.3 Å². The Hall–Kier alpha value is -4.20. The third-order valence-corrected chi connectivity index (χ3v) is 6.43. The van der Waals surface area contributed by atoms with Crippen molar-refractivity contribution in [2.75, 3.05) is 18.5 Å². The summed E-state index contributed by atoms with van der Waals surface area (Å²) >= 11 is 0. The average Bonchev–Trinajstić information content (AvgIpc) is 3.62. The number of benzene rings is 2. The van der Waals surface area contributed by atoms with Gasteiger partial charge in [0.25, 0.3) is 5.91 Å². The molecule has 1 N–H and O–H groups in total. The predicted octanol–water partition coefficient (Wildman–Crippen LogP) is 4.66. The Balaban J connectivity index is 1.19. The molecule has 1 aliphatic heterocycles. The number of nitrogens with zero attached hydrogens (tertiary/aromatic N) is 5. The Morgan fingerprint density at radius 3 is 2.68 bits per heavy atom. The van der Waals surface area contributed by atoms with Crippen LogP contribution in [0.3, 0.4) is 0 Å². The van der Waals surface area contributed by atoms with E-state index >= 15 is 0 Å². The van der Waals surface area contributed by atoms with Crippen LogP contribution in [0.1, 0.15) is 28.8 Å². The molecule has 1 aliphatic carbocycles. The molecule has 4 aromatic rings. The smallest absolute Gasteiger partial charge is 0.325 e. The quantitative estimate of drug-likeness (QED) is 0.454. The maximum Gasteiger partial charge on any atom is 0.325 e. The highest BCUT2D eigenvalue weighted by molar-refractivity contribution is 5.99. The Morgan fingerprint density at radius 1 is 1.09 bits per heavy atom. The second-order valence-electron chi connectivity index (χ2n) is 8.85. The Bertz CT molecular complexity index is 1400. The fourth-order valence-electron chi connectivity index (χ4n) is 4.30. The molecule has 1 amide bonds. The van der Waals surface area contributed by atoms with Crippen LogP contribution < -0.4 is 9.64 Å². The maximum absolute atomic E-state index is 12.9. The molecule has 6 rings (SSSR count). The van der Waals surface area contributed by atoms with E-state index in [-0.39, 0.29) is 17.8 Å². The van der Waals surface area contributed by atoms with Crippen molar-refractivity contribution in [3.05, 3.63) is 72.1 Å². The van der Waals surface area contributed by atoms with Crippen molar-refractivity contribution in [3.63, 3.8) is 0 Å². The Kier molecular flexibility index (Phi) is 4.79. The first kappa shape index (κ1) is 20.4. The molecule has 1 fully saturated rings. The van der Waals surface area contributed by atoms with Gasteiger partial charge < -0.3 is 19.6 Å². The molecule has 0 unspecified atom stereocenters. The van der Waals surface area contributed by atoms with Crippen molar-refractivity contribution < 1.29 is 14.6 Å². The third-order valence-electron chi connectivity index (χ3n) is 6.43. The third kappa shape index (κ3) is 3.77. The summed E-state index contributed by atoms with van der Waals surface area (Å²) in [5.41, 5.74) is 4.29. The van der Waals surface area contributed by atoms with Crippen molar-refractivity contribution in [2.24, 2.45) is 5.92 Å². The molecule has 2 aromatic carbocycles. The van der Waals surface area contributed by atoms with Gasteiger partial charge in [-0.2, -0.15) is 9.97 Å². The van der Waals surface area contributed by atoms with Gasteiger partial charge in [-0.25, -0.2) is 0 Å². The van der Waals surface area contributed by atoms with Crippen molar-refractivity contribution >= 4 is 28.2 Å². The van der Waals surface area contributed by atoms with Crippen LogP contribution in [0.25, 0.3) is 10.9 Å². The lowest BCUT2D eigenvalue weighted by Crippen LogP contribution is -2.26. The summed E-state index contributed by atoms with van der Waals surface area (Å²) in [7, 11) is 1.97. The number of hydrogen-bond donors (Lipinski definition) is 1. The Morgan fingerprint density at radius 2 is 1.88 bits per heavy atom. The van der Waals surface area contributed by atoms with Gasteiger partial charge in [0.05, 0.1) is 17.1 Å². The topological polar surface area (TPSA) is 91.7 Å². The number of anilines is 2. The van der Waals surface area contributed by atoms with Crippen LogP contribution in [-0.2, 0) is 6.54 Å². The van der Waals surface area contributed by atoms with E-state index in [0.29, 0.717) is 29.1 Å². The number of aromatic nitrogens is 3. The number of hydrogen-bond acceptors (Lipinski definition) is 7. The van der Waals surface area contributed by atoms with E-state index < -0.39 is 0 Å². The average molecular weight is 454 g/mol. The summed E-state index contributed by atoms with van der Waals surface area (Å²) in [6.07, 6.45) is 5.59. The number of amides is 1. The van der Waals surface area contributed by atoms with Crippen LogP contribution in [0.5, 0.6) is 17.6 Å². The van der Waals surface area contributed by atoms with E-state index in [2.05, 4.69) is 27.1 Å². The number of aromatic hydroxyl groups is 1. The van der Waals surface area contributed by atoms with Crippen LogP contribution in [0.15, 0.2) is 60.9 Å². The highest BCUT2D eigenvalue weighted by atomic mass is 16.5. The molecule has 8 heteroatoms. The zero-order valence-electron chi connectivity index (χ0n) is 18.7. The van der Waals surface area contributed by atoms with E-state index in [1.54, 1.807) is 18.5 Å². The lowest BCUT2D eigenvalue weighted by atomic mass is 10.1. The standard InChI is InChI=1S/C26H23N5O3/c1-30(19-5-4-17-15-31(14-16-2-3-16)25(33)22(17)12-19)18-6-8-20(9-7-18)34-26-28-23-13-27-11-10-21(23)24(32)29-26/h4-13,16H,2-3,14-15H2,1H3,(H,28,29,32). The molecule has 0 atom stereocenters. The first-order valence-electron chi connectivity index (χ1n) is 11.3. The first-order chi connectivity index (χ1) is 16.5. The van der Waals surface area contributed by atoms with Gasteiger partial charge in [0.1, 0.15) is 5.75 Å². The monoisotopic (exact) mass is 453 g/mol. The molecule has 0 saturated heterocycles. The van der Waals surface area contributed by atoms with Crippen LogP contribution >= 0.6 is 0 Å². The summed E-state index contributed by atoms with van der Waals surface area (Å²) in [5.74, 6) is 1.21. The van der Waals surface area contributed by atoms with Crippen LogP contribution in [0.2, 0.25) is 0 Å². The highest BCUT2D eigenvalue weighted by Gasteiger charge is 2.32. The second kappa shape index (κ2) is 7.98. The fraction of sp³-hybridized carbons (Fsp3) is 0.231. The van der Waals surface area contributed by atoms with Gasteiger partial charge in [-0.15, -0.1) is 0 Å². The molecule has 1 saturated carbocycles. The molecule has 34 heavy (non-hydrogen) atoms. The minimum Gasteiger partial charge on any atom is -0.493 e. The lowest BCUT2D eigenvalue weighted by Gasteiger charge is -2.20. The zero-order valence-corrected chi connectivity index (χ0v) is 18.7. The summed E-state index contributed by atoms with van der Waals surface area (Å²) < 4.78 is 5.75. The minimum absolute atomic E-state index is 0.0481. The zero-order chi connectivity index (χ0) is 23.2. The van der Waals surface area contributed by atoms with Gasteiger partial charge in [-0.3, -0.25) is 9.78 Å². The predicted molar refractivity (Wildman–Crippen MR) is 127 cm³/mol. The molecule has 2 aromatic heterocycles. The Labute approximate surface area is 196 Å². The van der Waals surface area contributed by atoms with Crippen LogP contribution in [0, 0.1) is 5.92 Å². The summed E-state index contributed by atoms with van der Waals surface area (Å²) in [5, 5.41) is 10.6. The molecule has 0 radical (unpaired) electrons. The van der Waals surface area contributed by atoms with Gasteiger partial charge >= 0.3 is 6.01 Å². The highest BCUT2D eigenvalue weighted by Crippen LogP contribution is 2.35. The van der Waals surface area contributed by atoms with Crippen molar-refractivity contribution in [1.29, 1.82) is 0 Å². The van der Waals surface area contributed by atoms with Gasteiger partial charge in [-0.05, 0) is 66.8 Å². The fourth-order valence-corrected chi connectivity index (χ4v) is 4.30. The number of carbonyl (C=O) groups is 1. The number of rotatable bonds is 6.